The van der Waals surface area contributed by atoms with Crippen LogP contribution in [0.15, 0.2) is 0 Å². The maximum atomic E-state index is 12.0. The van der Waals surface area contributed by atoms with Gasteiger partial charge in [0.25, 0.3) is 0 Å². The summed E-state index contributed by atoms with van der Waals surface area (Å²) in [6.45, 7) is -1.56. The van der Waals surface area contributed by atoms with E-state index in [4.69, 9.17) is 5.11 Å². The van der Waals surface area contributed by atoms with Gasteiger partial charge in [-0.05, 0) is 0 Å². The Hall–Kier alpha value is -0.780. The number of rotatable bonds is 3. The summed E-state index contributed by atoms with van der Waals surface area (Å²) in [6.07, 6.45) is 0. The highest BCUT2D eigenvalue weighted by molar-refractivity contribution is 5.76. The van der Waals surface area contributed by atoms with Gasteiger partial charge in [-0.15, -0.1) is 0 Å². The number of hydrogen-bond donors (Lipinski definition) is 2. The number of hydrogen-bond acceptors (Lipinski definition) is 2. The molecule has 0 amide bonds. The van der Waals surface area contributed by atoms with Crippen LogP contribution >= 0.6 is 0 Å². The summed E-state index contributed by atoms with van der Waals surface area (Å²) in [7, 11) is 0. The van der Waals surface area contributed by atoms with Gasteiger partial charge in [-0.1, -0.05) is 0 Å². The van der Waals surface area contributed by atoms with Crippen LogP contribution in [0.25, 0.3) is 0 Å². The van der Waals surface area contributed by atoms with E-state index in [1.807, 2.05) is 0 Å². The van der Waals surface area contributed by atoms with Crippen LogP contribution in [0.4, 0.5) is 13.2 Å². The lowest BCUT2D eigenvalue weighted by atomic mass is 10.2. The van der Waals surface area contributed by atoms with Gasteiger partial charge in [-0.25, -0.2) is 9.18 Å². The molecule has 0 radical (unpaired) electrons. The van der Waals surface area contributed by atoms with Crippen molar-refractivity contribution in [3.8, 4) is 0 Å². The summed E-state index contributed by atoms with van der Waals surface area (Å²) in [5.74, 6) is -6.58. The Morgan fingerprint density at radius 1 is 1.70 bits per heavy atom. The van der Waals surface area contributed by atoms with Crippen LogP contribution in [-0.4, -0.2) is 29.7 Å². The fourth-order valence-electron chi connectivity index (χ4n) is 0.255. The van der Waals surface area contributed by atoms with Crippen LogP contribution in [0.5, 0.6) is 0 Å². The standard InChI is InChI=1S/C4H6F3NO2/c5-1-2(8)4(6,7)3(9)10/h2H,1,8H2,(H,9,10). The van der Waals surface area contributed by atoms with Gasteiger partial charge in [0.1, 0.15) is 12.7 Å². The molecule has 0 aromatic heterocycles. The minimum Gasteiger partial charge on any atom is -0.477 e. The van der Waals surface area contributed by atoms with Gasteiger partial charge in [0.05, 0.1) is 0 Å². The van der Waals surface area contributed by atoms with Crippen LogP contribution in [0.3, 0.4) is 0 Å². The zero-order valence-corrected chi connectivity index (χ0v) is 4.85. The fraction of sp³-hybridized carbons (Fsp3) is 0.750. The molecule has 0 rings (SSSR count). The van der Waals surface area contributed by atoms with E-state index in [2.05, 4.69) is 5.73 Å². The van der Waals surface area contributed by atoms with Crippen LogP contribution < -0.4 is 5.73 Å². The molecule has 10 heavy (non-hydrogen) atoms. The topological polar surface area (TPSA) is 63.3 Å². The fourth-order valence-corrected chi connectivity index (χ4v) is 0.255. The highest BCUT2D eigenvalue weighted by Crippen LogP contribution is 2.17. The molecule has 0 aromatic rings. The molecule has 0 bridgehead atoms. The largest absolute Gasteiger partial charge is 0.477 e. The monoisotopic (exact) mass is 157 g/mol. The van der Waals surface area contributed by atoms with Crippen molar-refractivity contribution in [1.29, 1.82) is 0 Å². The number of carboxylic acids is 1. The lowest BCUT2D eigenvalue weighted by Crippen LogP contribution is -2.48. The first-order valence-corrected chi connectivity index (χ1v) is 2.35. The van der Waals surface area contributed by atoms with Crippen LogP contribution in [0.2, 0.25) is 0 Å². The smallest absolute Gasteiger partial charge is 0.376 e. The Balaban J connectivity index is 4.23. The molecule has 0 aromatic carbocycles. The second-order valence-electron chi connectivity index (χ2n) is 1.69. The first kappa shape index (κ1) is 9.22. The molecule has 60 valence electrons. The van der Waals surface area contributed by atoms with Crippen molar-refractivity contribution in [3.05, 3.63) is 0 Å². The third kappa shape index (κ3) is 1.60. The highest BCUT2D eigenvalue weighted by Gasteiger charge is 2.45. The Morgan fingerprint density at radius 2 is 2.10 bits per heavy atom. The molecule has 0 saturated heterocycles. The van der Waals surface area contributed by atoms with Crippen LogP contribution in [0, 0.1) is 0 Å². The average molecular weight is 157 g/mol. The van der Waals surface area contributed by atoms with Crippen molar-refractivity contribution in [2.24, 2.45) is 5.73 Å². The number of alkyl halides is 3. The van der Waals surface area contributed by atoms with Gasteiger partial charge < -0.3 is 10.8 Å². The van der Waals surface area contributed by atoms with Crippen molar-refractivity contribution in [2.45, 2.75) is 12.0 Å². The molecule has 6 heteroatoms. The summed E-state index contributed by atoms with van der Waals surface area (Å²) < 4.78 is 35.3. The predicted molar refractivity (Wildman–Crippen MR) is 26.5 cm³/mol. The van der Waals surface area contributed by atoms with Gasteiger partial charge >= 0.3 is 11.9 Å². The first-order chi connectivity index (χ1) is 4.42. The maximum absolute atomic E-state index is 12.0. The summed E-state index contributed by atoms with van der Waals surface area (Å²) in [4.78, 5) is 9.62. The highest BCUT2D eigenvalue weighted by atomic mass is 19.3. The third-order valence-electron chi connectivity index (χ3n) is 0.917. The zero-order chi connectivity index (χ0) is 8.36. The number of aliphatic carboxylic acids is 1. The molecule has 1 atom stereocenters. The minimum atomic E-state index is -4.17. The average Bonchev–Trinajstić information content (AvgIpc) is 1.86. The van der Waals surface area contributed by atoms with E-state index in [0.717, 1.165) is 0 Å². The quantitative estimate of drug-likeness (QED) is 0.606. The van der Waals surface area contributed by atoms with Gasteiger partial charge in [0, 0.05) is 0 Å². The molecule has 3 N–H and O–H groups in total. The van der Waals surface area contributed by atoms with Gasteiger partial charge in [-0.3, -0.25) is 0 Å². The van der Waals surface area contributed by atoms with E-state index in [1.165, 1.54) is 0 Å². The molecule has 0 aliphatic rings. The Bertz CT molecular complexity index is 138. The number of carboxylic acid groups (broad SMARTS) is 1. The van der Waals surface area contributed by atoms with Crippen molar-refractivity contribution in [2.75, 3.05) is 6.67 Å². The van der Waals surface area contributed by atoms with E-state index in [0.29, 0.717) is 0 Å². The molecule has 1 unspecified atom stereocenters. The Morgan fingerprint density at radius 3 is 2.20 bits per heavy atom. The SMILES string of the molecule is NC(CF)C(F)(F)C(=O)O. The summed E-state index contributed by atoms with van der Waals surface area (Å²) >= 11 is 0. The molecule has 0 heterocycles. The maximum Gasteiger partial charge on any atom is 0.376 e. The van der Waals surface area contributed by atoms with Gasteiger partial charge in [0.15, 0.2) is 0 Å². The normalized spacial score (nSPS) is 14.8. The summed E-state index contributed by atoms with van der Waals surface area (Å²) in [6, 6.07) is -2.26. The Labute approximate surface area is 54.6 Å². The lowest BCUT2D eigenvalue weighted by molar-refractivity contribution is -0.168. The number of halogens is 3. The van der Waals surface area contributed by atoms with E-state index >= 15 is 0 Å². The molecular weight excluding hydrogens is 151 g/mol. The second-order valence-corrected chi connectivity index (χ2v) is 1.69. The zero-order valence-electron chi connectivity index (χ0n) is 4.85. The predicted octanol–water partition coefficient (Wildman–Crippen LogP) is 0.00310. The molecule has 0 aliphatic heterocycles. The lowest BCUT2D eigenvalue weighted by Gasteiger charge is -2.15. The molecule has 0 fully saturated rings. The van der Waals surface area contributed by atoms with Gasteiger partial charge in [0.2, 0.25) is 0 Å². The van der Waals surface area contributed by atoms with Crippen molar-refractivity contribution in [1.82, 2.24) is 0 Å². The third-order valence-corrected chi connectivity index (χ3v) is 0.917. The first-order valence-electron chi connectivity index (χ1n) is 2.35. The minimum absolute atomic E-state index is 1.56. The number of carbonyl (C=O) groups is 1. The Kier molecular flexibility index (Phi) is 2.65. The van der Waals surface area contributed by atoms with Crippen molar-refractivity contribution >= 4 is 5.97 Å². The van der Waals surface area contributed by atoms with E-state index < -0.39 is 24.6 Å². The van der Waals surface area contributed by atoms with Crippen LogP contribution in [0.1, 0.15) is 0 Å². The van der Waals surface area contributed by atoms with E-state index in [-0.39, 0.29) is 0 Å². The molecule has 0 saturated carbocycles. The molecular formula is C4H6F3NO2. The summed E-state index contributed by atoms with van der Waals surface area (Å²) in [5, 5.41) is 7.75. The van der Waals surface area contributed by atoms with E-state index in [9.17, 15) is 18.0 Å². The van der Waals surface area contributed by atoms with Crippen molar-refractivity contribution < 1.29 is 23.1 Å². The van der Waals surface area contributed by atoms with Crippen LogP contribution in [-0.2, 0) is 4.79 Å². The van der Waals surface area contributed by atoms with E-state index in [1.54, 1.807) is 0 Å². The molecule has 0 aliphatic carbocycles. The molecule has 3 nitrogen and oxygen atoms in total. The van der Waals surface area contributed by atoms with Gasteiger partial charge in [-0.2, -0.15) is 8.78 Å². The second kappa shape index (κ2) is 2.87. The summed E-state index contributed by atoms with van der Waals surface area (Å²) in [5.41, 5.74) is 4.45. The number of nitrogens with two attached hydrogens (primary N) is 1. The molecule has 0 spiro atoms. The van der Waals surface area contributed by atoms with Crippen molar-refractivity contribution in [3.63, 3.8) is 0 Å².